The van der Waals surface area contributed by atoms with E-state index >= 15 is 0 Å². The molecule has 1 aliphatic carbocycles. The van der Waals surface area contributed by atoms with E-state index in [1.54, 1.807) is 0 Å². The molecule has 2 atom stereocenters. The molecule has 1 fully saturated rings. The molecule has 1 heterocycles. The Balaban J connectivity index is 1.76. The van der Waals surface area contributed by atoms with E-state index in [0.29, 0.717) is 12.0 Å². The van der Waals surface area contributed by atoms with Gasteiger partial charge in [0.15, 0.2) is 0 Å². The highest BCUT2D eigenvalue weighted by molar-refractivity contribution is 5.78. The van der Waals surface area contributed by atoms with Crippen molar-refractivity contribution in [2.75, 3.05) is 6.54 Å². The van der Waals surface area contributed by atoms with Gasteiger partial charge < -0.3 is 5.32 Å². The van der Waals surface area contributed by atoms with Crippen molar-refractivity contribution in [1.82, 2.24) is 10.3 Å². The van der Waals surface area contributed by atoms with Crippen molar-refractivity contribution in [3.63, 3.8) is 0 Å². The van der Waals surface area contributed by atoms with Crippen LogP contribution in [0.15, 0.2) is 36.5 Å². The first-order valence-corrected chi connectivity index (χ1v) is 7.95. The number of pyridine rings is 1. The monoisotopic (exact) mass is 268 g/mol. The molecule has 1 aliphatic rings. The lowest BCUT2D eigenvalue weighted by molar-refractivity contribution is 0.340. The van der Waals surface area contributed by atoms with Crippen LogP contribution in [0.5, 0.6) is 0 Å². The minimum atomic E-state index is 0.676. The summed E-state index contributed by atoms with van der Waals surface area (Å²) in [6, 6.07) is 11.4. The SMILES string of the molecule is CCCNC1CCCC(c2cnc3ccccc3c2)C1. The second-order valence-corrected chi connectivity index (χ2v) is 5.98. The summed E-state index contributed by atoms with van der Waals surface area (Å²) in [5.74, 6) is 0.676. The Labute approximate surface area is 121 Å². The standard InChI is InChI=1S/C18H24N2/c1-2-10-19-17-8-5-7-14(12-17)16-11-15-6-3-4-9-18(15)20-13-16/h3-4,6,9,11,13-14,17,19H,2,5,7-8,10,12H2,1H3. The molecule has 0 spiro atoms. The Morgan fingerprint density at radius 3 is 3.05 bits per heavy atom. The third-order valence-electron chi connectivity index (χ3n) is 4.44. The lowest BCUT2D eigenvalue weighted by Gasteiger charge is -2.30. The number of hydrogen-bond acceptors (Lipinski definition) is 2. The zero-order valence-electron chi connectivity index (χ0n) is 12.3. The summed E-state index contributed by atoms with van der Waals surface area (Å²) in [4.78, 5) is 4.62. The van der Waals surface area contributed by atoms with Gasteiger partial charge in [-0.05, 0) is 55.8 Å². The van der Waals surface area contributed by atoms with Crippen LogP contribution in [0.3, 0.4) is 0 Å². The first-order valence-electron chi connectivity index (χ1n) is 7.95. The van der Waals surface area contributed by atoms with Crippen LogP contribution in [0.2, 0.25) is 0 Å². The smallest absolute Gasteiger partial charge is 0.0702 e. The molecule has 0 aliphatic heterocycles. The number of nitrogens with one attached hydrogen (secondary N) is 1. The van der Waals surface area contributed by atoms with Crippen molar-refractivity contribution < 1.29 is 0 Å². The molecule has 0 radical (unpaired) electrons. The van der Waals surface area contributed by atoms with E-state index in [1.807, 2.05) is 0 Å². The summed E-state index contributed by atoms with van der Waals surface area (Å²) in [5.41, 5.74) is 2.53. The highest BCUT2D eigenvalue weighted by Crippen LogP contribution is 2.33. The van der Waals surface area contributed by atoms with Crippen molar-refractivity contribution in [3.8, 4) is 0 Å². The third kappa shape index (κ3) is 3.01. The summed E-state index contributed by atoms with van der Waals surface area (Å²) < 4.78 is 0. The molecule has 2 aromatic rings. The minimum Gasteiger partial charge on any atom is -0.314 e. The molecular weight excluding hydrogens is 244 g/mol. The van der Waals surface area contributed by atoms with Crippen LogP contribution in [0.1, 0.15) is 50.5 Å². The van der Waals surface area contributed by atoms with E-state index in [1.165, 1.54) is 43.1 Å². The first-order chi connectivity index (χ1) is 9.86. The molecule has 0 bridgehead atoms. The zero-order valence-corrected chi connectivity index (χ0v) is 12.3. The van der Waals surface area contributed by atoms with Crippen molar-refractivity contribution >= 4 is 10.9 Å². The fourth-order valence-corrected chi connectivity index (χ4v) is 3.34. The highest BCUT2D eigenvalue weighted by Gasteiger charge is 2.23. The van der Waals surface area contributed by atoms with Gasteiger partial charge in [-0.3, -0.25) is 4.98 Å². The van der Waals surface area contributed by atoms with Gasteiger partial charge in [-0.15, -0.1) is 0 Å². The highest BCUT2D eigenvalue weighted by atomic mass is 14.9. The van der Waals surface area contributed by atoms with Crippen molar-refractivity contribution in [3.05, 3.63) is 42.1 Å². The predicted octanol–water partition coefficient (Wildman–Crippen LogP) is 4.26. The van der Waals surface area contributed by atoms with Crippen molar-refractivity contribution in [2.45, 2.75) is 51.0 Å². The Bertz CT molecular complexity index is 564. The van der Waals surface area contributed by atoms with Crippen LogP contribution >= 0.6 is 0 Å². The van der Waals surface area contributed by atoms with Gasteiger partial charge in [0.25, 0.3) is 0 Å². The minimum absolute atomic E-state index is 0.676. The molecule has 2 unspecified atom stereocenters. The lowest BCUT2D eigenvalue weighted by Crippen LogP contribution is -2.34. The second kappa shape index (κ2) is 6.36. The molecular formula is C18H24N2. The van der Waals surface area contributed by atoms with Crippen LogP contribution in [0, 0.1) is 0 Å². The van der Waals surface area contributed by atoms with Crippen LogP contribution in [-0.2, 0) is 0 Å². The van der Waals surface area contributed by atoms with Gasteiger partial charge in [0.05, 0.1) is 5.52 Å². The average Bonchev–Trinajstić information content (AvgIpc) is 2.53. The van der Waals surface area contributed by atoms with Gasteiger partial charge in [-0.1, -0.05) is 31.5 Å². The van der Waals surface area contributed by atoms with Crippen LogP contribution in [-0.4, -0.2) is 17.6 Å². The predicted molar refractivity (Wildman–Crippen MR) is 85.0 cm³/mol. The fraction of sp³-hybridized carbons (Fsp3) is 0.500. The molecule has 0 saturated heterocycles. The van der Waals surface area contributed by atoms with E-state index in [9.17, 15) is 0 Å². The van der Waals surface area contributed by atoms with Gasteiger partial charge in [0.2, 0.25) is 0 Å². The van der Waals surface area contributed by atoms with Gasteiger partial charge in [-0.25, -0.2) is 0 Å². The normalized spacial score (nSPS) is 23.1. The largest absolute Gasteiger partial charge is 0.314 e. The number of para-hydroxylation sites is 1. The van der Waals surface area contributed by atoms with E-state index in [4.69, 9.17) is 0 Å². The maximum atomic E-state index is 4.62. The molecule has 2 nitrogen and oxygen atoms in total. The second-order valence-electron chi connectivity index (χ2n) is 5.98. The number of rotatable bonds is 4. The average molecular weight is 268 g/mol. The molecule has 1 N–H and O–H groups in total. The van der Waals surface area contributed by atoms with Gasteiger partial charge in [-0.2, -0.15) is 0 Å². The van der Waals surface area contributed by atoms with Crippen molar-refractivity contribution in [2.24, 2.45) is 0 Å². The Morgan fingerprint density at radius 1 is 1.25 bits per heavy atom. The maximum Gasteiger partial charge on any atom is 0.0702 e. The Hall–Kier alpha value is -1.41. The van der Waals surface area contributed by atoms with E-state index in [2.05, 4.69) is 53.8 Å². The van der Waals surface area contributed by atoms with E-state index in [0.717, 1.165) is 12.1 Å². The molecule has 1 saturated carbocycles. The molecule has 106 valence electrons. The van der Waals surface area contributed by atoms with Crippen LogP contribution < -0.4 is 5.32 Å². The molecule has 1 aromatic heterocycles. The summed E-state index contributed by atoms with van der Waals surface area (Å²) in [6.07, 6.45) is 8.55. The molecule has 20 heavy (non-hydrogen) atoms. The summed E-state index contributed by atoms with van der Waals surface area (Å²) in [6.45, 7) is 3.38. The van der Waals surface area contributed by atoms with Crippen LogP contribution in [0.25, 0.3) is 10.9 Å². The Morgan fingerprint density at radius 2 is 2.15 bits per heavy atom. The molecule has 1 aromatic carbocycles. The van der Waals surface area contributed by atoms with Crippen LogP contribution in [0.4, 0.5) is 0 Å². The van der Waals surface area contributed by atoms with Gasteiger partial charge in [0.1, 0.15) is 0 Å². The van der Waals surface area contributed by atoms with Crippen molar-refractivity contribution in [1.29, 1.82) is 0 Å². The third-order valence-corrected chi connectivity index (χ3v) is 4.44. The van der Waals surface area contributed by atoms with Gasteiger partial charge in [0, 0.05) is 17.6 Å². The summed E-state index contributed by atoms with van der Waals surface area (Å²) >= 11 is 0. The maximum absolute atomic E-state index is 4.62. The van der Waals surface area contributed by atoms with E-state index < -0.39 is 0 Å². The Kier molecular flexibility index (Phi) is 4.31. The van der Waals surface area contributed by atoms with Gasteiger partial charge >= 0.3 is 0 Å². The first kappa shape index (κ1) is 13.6. The fourth-order valence-electron chi connectivity index (χ4n) is 3.34. The number of aromatic nitrogens is 1. The summed E-state index contributed by atoms with van der Waals surface area (Å²) in [7, 11) is 0. The topological polar surface area (TPSA) is 24.9 Å². The number of benzene rings is 1. The molecule has 0 amide bonds. The number of nitrogens with zero attached hydrogens (tertiary/aromatic N) is 1. The zero-order chi connectivity index (χ0) is 13.8. The molecule has 3 rings (SSSR count). The number of fused-ring (bicyclic) bond motifs is 1. The summed E-state index contributed by atoms with van der Waals surface area (Å²) in [5, 5.41) is 4.96. The quantitative estimate of drug-likeness (QED) is 0.896. The number of hydrogen-bond donors (Lipinski definition) is 1. The van der Waals surface area contributed by atoms with E-state index in [-0.39, 0.29) is 0 Å². The molecule has 2 heteroatoms. The lowest BCUT2D eigenvalue weighted by atomic mass is 9.81.